The summed E-state index contributed by atoms with van der Waals surface area (Å²) < 4.78 is 28.8. The third-order valence-corrected chi connectivity index (χ3v) is 8.42. The molecule has 0 aliphatic carbocycles. The summed E-state index contributed by atoms with van der Waals surface area (Å²) in [5.41, 5.74) is 9.24. The second kappa shape index (κ2) is 10.4. The summed E-state index contributed by atoms with van der Waals surface area (Å²) in [6.45, 7) is 3.26. The van der Waals surface area contributed by atoms with E-state index in [1.165, 1.54) is 0 Å². The fraction of sp³-hybridized carbons (Fsp3) is 0.346. The molecule has 5 rings (SSSR count). The molecule has 194 valence electrons. The number of ether oxygens (including phenoxy) is 1. The van der Waals surface area contributed by atoms with Crippen LogP contribution in [-0.2, 0) is 19.4 Å². The van der Waals surface area contributed by atoms with E-state index in [1.54, 1.807) is 18.3 Å². The highest BCUT2D eigenvalue weighted by molar-refractivity contribution is 7.91. The quantitative estimate of drug-likeness (QED) is 0.446. The second-order valence-corrected chi connectivity index (χ2v) is 11.7. The minimum Gasteiger partial charge on any atom is -0.378 e. The molecule has 2 aliphatic heterocycles. The minimum atomic E-state index is -3.11. The van der Waals surface area contributed by atoms with Crippen molar-refractivity contribution in [2.75, 3.05) is 53.3 Å². The highest BCUT2D eigenvalue weighted by Crippen LogP contribution is 2.26. The zero-order valence-corrected chi connectivity index (χ0v) is 21.2. The lowest BCUT2D eigenvalue weighted by molar-refractivity contribution is -0.121. The van der Waals surface area contributed by atoms with Gasteiger partial charge in [-0.1, -0.05) is 12.1 Å². The standard InChI is InChI=1S/C26H30N6O4S/c27-26(10-17-37(34,35)18-11-26)24(33)29-20-3-1-19(2-4-20)23-9-12-28-25(31-23)30-21-5-7-22(8-6-21)32-13-15-36-16-14-32/h1-9,12H,10-11,13-18,27H2,(H,29,33)(H,28,30,31). The smallest absolute Gasteiger partial charge is 0.244 e. The molecule has 0 radical (unpaired) electrons. The van der Waals surface area contributed by atoms with E-state index in [9.17, 15) is 13.2 Å². The first-order valence-electron chi connectivity index (χ1n) is 12.2. The van der Waals surface area contributed by atoms with Crippen LogP contribution < -0.4 is 21.3 Å². The average molecular weight is 523 g/mol. The van der Waals surface area contributed by atoms with E-state index in [0.29, 0.717) is 11.6 Å². The first-order chi connectivity index (χ1) is 17.8. The maximum Gasteiger partial charge on any atom is 0.244 e. The molecule has 37 heavy (non-hydrogen) atoms. The Morgan fingerprint density at radius 3 is 2.27 bits per heavy atom. The number of aromatic nitrogens is 2. The number of hydrogen-bond acceptors (Lipinski definition) is 9. The average Bonchev–Trinajstić information content (AvgIpc) is 2.92. The van der Waals surface area contributed by atoms with Crippen LogP contribution in [0.4, 0.5) is 23.0 Å². The minimum absolute atomic E-state index is 0.0715. The Kier molecular flexibility index (Phi) is 7.09. The number of morpholine rings is 1. The number of nitrogens with one attached hydrogen (secondary N) is 2. The molecular weight excluding hydrogens is 492 g/mol. The molecule has 3 aromatic rings. The fourth-order valence-electron chi connectivity index (χ4n) is 4.40. The van der Waals surface area contributed by atoms with E-state index in [-0.39, 0.29) is 30.3 Å². The molecule has 0 atom stereocenters. The molecule has 10 nitrogen and oxygen atoms in total. The summed E-state index contributed by atoms with van der Waals surface area (Å²) >= 11 is 0. The van der Waals surface area contributed by atoms with Gasteiger partial charge in [0.1, 0.15) is 9.84 Å². The molecule has 1 aromatic heterocycles. The monoisotopic (exact) mass is 522 g/mol. The van der Waals surface area contributed by atoms with Crippen molar-refractivity contribution >= 4 is 38.8 Å². The molecule has 0 unspecified atom stereocenters. The van der Waals surface area contributed by atoms with Crippen LogP contribution in [0.1, 0.15) is 12.8 Å². The van der Waals surface area contributed by atoms with Crippen LogP contribution in [0.5, 0.6) is 0 Å². The van der Waals surface area contributed by atoms with Crippen molar-refractivity contribution in [1.82, 2.24) is 9.97 Å². The number of sulfone groups is 1. The van der Waals surface area contributed by atoms with E-state index in [0.717, 1.165) is 48.9 Å². The van der Waals surface area contributed by atoms with Crippen molar-refractivity contribution in [1.29, 1.82) is 0 Å². The summed E-state index contributed by atoms with van der Waals surface area (Å²) in [5.74, 6) is -0.0368. The zero-order valence-electron chi connectivity index (χ0n) is 20.4. The van der Waals surface area contributed by atoms with Gasteiger partial charge in [0, 0.05) is 41.9 Å². The van der Waals surface area contributed by atoms with Crippen molar-refractivity contribution in [3.63, 3.8) is 0 Å². The molecule has 2 aromatic carbocycles. The van der Waals surface area contributed by atoms with Crippen molar-refractivity contribution < 1.29 is 17.9 Å². The van der Waals surface area contributed by atoms with E-state index in [2.05, 4.69) is 37.6 Å². The number of hydrogen-bond donors (Lipinski definition) is 3. The highest BCUT2D eigenvalue weighted by Gasteiger charge is 2.40. The normalized spacial score (nSPS) is 18.7. The molecule has 2 saturated heterocycles. The van der Waals surface area contributed by atoms with Crippen LogP contribution >= 0.6 is 0 Å². The second-order valence-electron chi connectivity index (χ2n) is 9.38. The topological polar surface area (TPSA) is 140 Å². The molecule has 0 saturated carbocycles. The Morgan fingerprint density at radius 2 is 1.59 bits per heavy atom. The number of anilines is 4. The SMILES string of the molecule is NC1(C(=O)Nc2ccc(-c3ccnc(Nc4ccc(N5CCOCC5)cc4)n3)cc2)CCS(=O)(=O)CC1. The van der Waals surface area contributed by atoms with Gasteiger partial charge in [0.2, 0.25) is 11.9 Å². The molecule has 3 heterocycles. The van der Waals surface area contributed by atoms with Crippen molar-refractivity contribution in [3.05, 3.63) is 60.8 Å². The predicted octanol–water partition coefficient (Wildman–Crippen LogP) is 2.57. The van der Waals surface area contributed by atoms with E-state index < -0.39 is 15.4 Å². The fourth-order valence-corrected chi connectivity index (χ4v) is 5.95. The number of nitrogens with two attached hydrogens (primary N) is 1. The highest BCUT2D eigenvalue weighted by atomic mass is 32.2. The van der Waals surface area contributed by atoms with E-state index >= 15 is 0 Å². The van der Waals surface area contributed by atoms with Gasteiger partial charge in [0.15, 0.2) is 0 Å². The Labute approximate surface area is 216 Å². The summed E-state index contributed by atoms with van der Waals surface area (Å²) in [6.07, 6.45) is 1.93. The van der Waals surface area contributed by atoms with Crippen LogP contribution in [-0.4, -0.2) is 67.6 Å². The Morgan fingerprint density at radius 1 is 0.946 bits per heavy atom. The van der Waals surface area contributed by atoms with Gasteiger partial charge in [0.25, 0.3) is 0 Å². The number of nitrogens with zero attached hydrogens (tertiary/aromatic N) is 3. The Hall–Kier alpha value is -3.54. The maximum absolute atomic E-state index is 12.7. The van der Waals surface area contributed by atoms with Crippen LogP contribution in [0, 0.1) is 0 Å². The number of carbonyl (C=O) groups is 1. The van der Waals surface area contributed by atoms with Gasteiger partial charge in [-0.2, -0.15) is 0 Å². The van der Waals surface area contributed by atoms with Crippen LogP contribution in [0.25, 0.3) is 11.3 Å². The lowest BCUT2D eigenvalue weighted by Crippen LogP contribution is -2.55. The molecule has 0 bridgehead atoms. The van der Waals surface area contributed by atoms with E-state index in [4.69, 9.17) is 10.5 Å². The first-order valence-corrected chi connectivity index (χ1v) is 14.1. The third kappa shape index (κ3) is 6.07. The number of rotatable bonds is 6. The van der Waals surface area contributed by atoms with Crippen molar-refractivity contribution in [2.24, 2.45) is 5.73 Å². The zero-order chi connectivity index (χ0) is 25.9. The van der Waals surface area contributed by atoms with Crippen LogP contribution in [0.3, 0.4) is 0 Å². The lowest BCUT2D eigenvalue weighted by atomic mass is 9.92. The van der Waals surface area contributed by atoms with Gasteiger partial charge in [-0.3, -0.25) is 4.79 Å². The van der Waals surface area contributed by atoms with Crippen molar-refractivity contribution in [2.45, 2.75) is 18.4 Å². The third-order valence-electron chi connectivity index (χ3n) is 6.76. The summed E-state index contributed by atoms with van der Waals surface area (Å²) in [7, 11) is -3.11. The summed E-state index contributed by atoms with van der Waals surface area (Å²) in [5, 5.41) is 6.06. The number of amides is 1. The number of carbonyl (C=O) groups excluding carboxylic acids is 1. The van der Waals surface area contributed by atoms with Gasteiger partial charge in [-0.15, -0.1) is 0 Å². The van der Waals surface area contributed by atoms with Gasteiger partial charge < -0.3 is 26.0 Å². The molecule has 11 heteroatoms. The van der Waals surface area contributed by atoms with Gasteiger partial charge in [-0.25, -0.2) is 18.4 Å². The van der Waals surface area contributed by atoms with Gasteiger partial charge >= 0.3 is 0 Å². The number of benzene rings is 2. The largest absolute Gasteiger partial charge is 0.378 e. The molecule has 1 amide bonds. The van der Waals surface area contributed by atoms with Gasteiger partial charge in [-0.05, 0) is 55.3 Å². The summed E-state index contributed by atoms with van der Waals surface area (Å²) in [6, 6.07) is 17.2. The van der Waals surface area contributed by atoms with E-state index in [1.807, 2.05) is 30.3 Å². The molecular formula is C26H30N6O4S. The van der Waals surface area contributed by atoms with Crippen LogP contribution in [0.15, 0.2) is 60.8 Å². The first kappa shape index (κ1) is 25.1. The molecule has 0 spiro atoms. The Bertz CT molecular complexity index is 1340. The maximum atomic E-state index is 12.7. The lowest BCUT2D eigenvalue weighted by Gasteiger charge is -2.31. The van der Waals surface area contributed by atoms with Crippen molar-refractivity contribution in [3.8, 4) is 11.3 Å². The van der Waals surface area contributed by atoms with Crippen LogP contribution in [0.2, 0.25) is 0 Å². The Balaban J connectivity index is 1.22. The summed E-state index contributed by atoms with van der Waals surface area (Å²) in [4.78, 5) is 24.0. The molecule has 2 fully saturated rings. The molecule has 2 aliphatic rings. The van der Waals surface area contributed by atoms with Gasteiger partial charge in [0.05, 0.1) is 36.0 Å². The predicted molar refractivity (Wildman–Crippen MR) is 144 cm³/mol. The molecule has 4 N–H and O–H groups in total.